The predicted octanol–water partition coefficient (Wildman–Crippen LogP) is 6.78. The van der Waals surface area contributed by atoms with Crippen LogP contribution in [0.25, 0.3) is 22.3 Å². The van der Waals surface area contributed by atoms with Crippen molar-refractivity contribution in [3.63, 3.8) is 0 Å². The number of fused-ring (bicyclic) bond motifs is 1. The molecule has 3 heterocycles. The van der Waals surface area contributed by atoms with Gasteiger partial charge in [-0.15, -0.1) is 13.2 Å². The van der Waals surface area contributed by atoms with Gasteiger partial charge in [-0.2, -0.15) is 0 Å². The molecule has 0 radical (unpaired) electrons. The number of aromatic nitrogens is 2. The van der Waals surface area contributed by atoms with E-state index >= 15 is 0 Å². The molecule has 0 saturated carbocycles. The second kappa shape index (κ2) is 12.5. The smallest absolute Gasteiger partial charge is 0.496 e. The summed E-state index contributed by atoms with van der Waals surface area (Å²) in [5.41, 5.74) is 4.91. The third-order valence-corrected chi connectivity index (χ3v) is 7.31. The number of ether oxygens (including phenoxy) is 4. The van der Waals surface area contributed by atoms with Gasteiger partial charge >= 0.3 is 12.5 Å². The first-order chi connectivity index (χ1) is 20.6. The molecule has 1 aliphatic heterocycles. The lowest BCUT2D eigenvalue weighted by molar-refractivity contribution is -0.274. The van der Waals surface area contributed by atoms with Crippen molar-refractivity contribution >= 4 is 17.1 Å². The number of benzene rings is 2. The maximum absolute atomic E-state index is 13.1. The lowest BCUT2D eigenvalue weighted by atomic mass is 10.0. The van der Waals surface area contributed by atoms with Crippen molar-refractivity contribution in [1.29, 1.82) is 0 Å². The van der Waals surface area contributed by atoms with Crippen LogP contribution in [0.1, 0.15) is 22.7 Å². The van der Waals surface area contributed by atoms with Gasteiger partial charge in [0.15, 0.2) is 0 Å². The van der Waals surface area contributed by atoms with Gasteiger partial charge in [0.25, 0.3) is 0 Å². The fourth-order valence-electron chi connectivity index (χ4n) is 5.38. The van der Waals surface area contributed by atoms with Crippen LogP contribution >= 0.6 is 0 Å². The number of alkyl halides is 4. The van der Waals surface area contributed by atoms with Gasteiger partial charge in [-0.05, 0) is 48.7 Å². The van der Waals surface area contributed by atoms with Gasteiger partial charge in [-0.25, -0.2) is 14.2 Å². The normalized spacial score (nSPS) is 17.0. The Bertz CT molecular complexity index is 1590. The highest BCUT2D eigenvalue weighted by Crippen LogP contribution is 2.38. The molecule has 2 aromatic carbocycles. The molecule has 2 atom stereocenters. The van der Waals surface area contributed by atoms with E-state index in [-0.39, 0.29) is 38.1 Å². The number of hydrogen-bond donors (Lipinski definition) is 0. The molecule has 2 aromatic heterocycles. The summed E-state index contributed by atoms with van der Waals surface area (Å²) < 4.78 is 74.2. The number of pyridine rings is 1. The molecule has 0 spiro atoms. The number of hydrogen-bond acceptors (Lipinski definition) is 6. The summed E-state index contributed by atoms with van der Waals surface area (Å²) in [6.45, 7) is 3.59. The molecule has 0 N–H and O–H groups in total. The monoisotopic (exact) mass is 601 g/mol. The van der Waals surface area contributed by atoms with Crippen molar-refractivity contribution in [3.05, 3.63) is 77.5 Å². The van der Waals surface area contributed by atoms with Gasteiger partial charge in [0.2, 0.25) is 0 Å². The number of carbonyl (C=O) groups excluding carboxylic acids is 1. The number of halogens is 4. The first-order valence-corrected chi connectivity index (χ1v) is 13.6. The molecule has 2 unspecified atom stereocenters. The quantitative estimate of drug-likeness (QED) is 0.197. The van der Waals surface area contributed by atoms with Gasteiger partial charge in [0.05, 0.1) is 49.1 Å². The highest BCUT2D eigenvalue weighted by molar-refractivity contribution is 5.85. The van der Waals surface area contributed by atoms with E-state index in [1.54, 1.807) is 4.90 Å². The maximum Gasteiger partial charge on any atom is 0.573 e. The molecule has 0 bridgehead atoms. The van der Waals surface area contributed by atoms with Gasteiger partial charge in [-0.1, -0.05) is 30.3 Å². The summed E-state index contributed by atoms with van der Waals surface area (Å²) in [7, 11) is 1.36. The lowest BCUT2D eigenvalue weighted by Crippen LogP contribution is -2.30. The van der Waals surface area contributed by atoms with Crippen LogP contribution in [0.5, 0.6) is 11.5 Å². The summed E-state index contributed by atoms with van der Waals surface area (Å²) in [6, 6.07) is 14.8. The van der Waals surface area contributed by atoms with Crippen LogP contribution in [0, 0.1) is 13.8 Å². The zero-order valence-corrected chi connectivity index (χ0v) is 23.9. The predicted molar refractivity (Wildman–Crippen MR) is 151 cm³/mol. The van der Waals surface area contributed by atoms with Crippen molar-refractivity contribution in [2.75, 3.05) is 33.5 Å². The second-order valence-corrected chi connectivity index (χ2v) is 10.3. The fraction of sp³-hybridized carbons (Fsp3) is 0.355. The molecular weight excluding hydrogens is 570 g/mol. The largest absolute Gasteiger partial charge is 0.573 e. The number of nitrogens with zero attached hydrogens (tertiary/aromatic N) is 3. The molecule has 43 heavy (non-hydrogen) atoms. The lowest BCUT2D eigenvalue weighted by Gasteiger charge is -2.21. The Hall–Kier alpha value is -4.32. The Labute approximate surface area is 245 Å². The third-order valence-electron chi connectivity index (χ3n) is 7.31. The van der Waals surface area contributed by atoms with Crippen LogP contribution in [0.3, 0.4) is 0 Å². The van der Waals surface area contributed by atoms with Crippen LogP contribution in [0.4, 0.5) is 22.4 Å². The molecule has 12 heteroatoms. The summed E-state index contributed by atoms with van der Waals surface area (Å²) in [4.78, 5) is 19.4. The highest BCUT2D eigenvalue weighted by Gasteiger charge is 2.39. The van der Waals surface area contributed by atoms with Crippen LogP contribution in [-0.2, 0) is 16.1 Å². The first-order valence-electron chi connectivity index (χ1n) is 13.6. The van der Waals surface area contributed by atoms with E-state index in [0.717, 1.165) is 22.2 Å². The van der Waals surface area contributed by atoms with Crippen molar-refractivity contribution in [3.8, 4) is 22.8 Å². The maximum atomic E-state index is 13.1. The molecule has 5 rings (SSSR count). The number of likely N-dealkylation sites (tertiary alicyclic amines) is 1. The molecule has 8 nitrogen and oxygen atoms in total. The van der Waals surface area contributed by atoms with Gasteiger partial charge in [0, 0.05) is 24.4 Å². The van der Waals surface area contributed by atoms with E-state index in [1.807, 2.05) is 61.0 Å². The Kier molecular flexibility index (Phi) is 8.77. The van der Waals surface area contributed by atoms with Crippen LogP contribution in [0.2, 0.25) is 0 Å². The molecule has 1 fully saturated rings. The van der Waals surface area contributed by atoms with Crippen molar-refractivity contribution in [2.24, 2.45) is 0 Å². The highest BCUT2D eigenvalue weighted by atomic mass is 19.4. The van der Waals surface area contributed by atoms with E-state index in [4.69, 9.17) is 19.2 Å². The number of amides is 1. The Morgan fingerprint density at radius 2 is 1.81 bits per heavy atom. The molecule has 228 valence electrons. The SMILES string of the molecule is COc1cc(OC(F)(F)F)ccc1-c1nc2c(C)cn(C3CN(C(=O)OCc4ccccc4)CC3OCCF)c2cc1C. The minimum absolute atomic E-state index is 0.110. The minimum Gasteiger partial charge on any atom is -0.496 e. The summed E-state index contributed by atoms with van der Waals surface area (Å²) >= 11 is 0. The molecule has 1 amide bonds. The van der Waals surface area contributed by atoms with Crippen LogP contribution < -0.4 is 9.47 Å². The number of rotatable bonds is 9. The Morgan fingerprint density at radius 1 is 1.05 bits per heavy atom. The topological polar surface area (TPSA) is 75.1 Å². The average Bonchev–Trinajstić information content (AvgIpc) is 3.54. The van der Waals surface area contributed by atoms with Crippen LogP contribution in [-0.4, -0.2) is 66.5 Å². The van der Waals surface area contributed by atoms with Gasteiger partial charge in [-0.3, -0.25) is 0 Å². The first kappa shape index (κ1) is 30.1. The Morgan fingerprint density at radius 3 is 2.51 bits per heavy atom. The Balaban J connectivity index is 1.44. The van der Waals surface area contributed by atoms with E-state index in [9.17, 15) is 22.4 Å². The molecule has 1 aliphatic rings. The second-order valence-electron chi connectivity index (χ2n) is 10.3. The van der Waals surface area contributed by atoms with Crippen LogP contribution in [0.15, 0.2) is 60.8 Å². The zero-order chi connectivity index (χ0) is 30.7. The van der Waals surface area contributed by atoms with Gasteiger partial charge < -0.3 is 28.4 Å². The average molecular weight is 602 g/mol. The van der Waals surface area contributed by atoms with E-state index in [2.05, 4.69) is 4.74 Å². The third kappa shape index (κ3) is 6.69. The summed E-state index contributed by atoms with van der Waals surface area (Å²) in [5, 5.41) is 0. The number of carbonyl (C=O) groups is 1. The van der Waals surface area contributed by atoms with E-state index in [1.165, 1.54) is 25.3 Å². The van der Waals surface area contributed by atoms with E-state index in [0.29, 0.717) is 16.8 Å². The van der Waals surface area contributed by atoms with Crippen molar-refractivity contribution in [1.82, 2.24) is 14.5 Å². The minimum atomic E-state index is -4.83. The number of aryl methyl sites for hydroxylation is 2. The summed E-state index contributed by atoms with van der Waals surface area (Å²) in [6.07, 6.45) is -3.90. The molecular formula is C31H31F4N3O5. The number of methoxy groups -OCH3 is 1. The molecule has 0 aliphatic carbocycles. The standard InChI is InChI=1S/C31H31F4N3O5/c1-19-13-24-29(36-28(19)23-10-9-22(14-26(23)40-3)43-31(33,34)35)20(2)15-38(24)25-16-37(17-27(25)41-12-11-32)30(39)42-18-21-7-5-4-6-8-21/h4-10,13-15,25,27H,11-12,16-18H2,1-3H3. The van der Waals surface area contributed by atoms with Gasteiger partial charge in [0.1, 0.15) is 24.8 Å². The van der Waals surface area contributed by atoms with E-state index < -0.39 is 31.0 Å². The molecule has 4 aromatic rings. The van der Waals surface area contributed by atoms with Crippen molar-refractivity contribution in [2.45, 2.75) is 39.0 Å². The van der Waals surface area contributed by atoms with Crippen molar-refractivity contribution < 1.29 is 41.3 Å². The molecule has 1 saturated heterocycles. The summed E-state index contributed by atoms with van der Waals surface area (Å²) in [5.74, 6) is -0.226. The fourth-order valence-corrected chi connectivity index (χ4v) is 5.38. The zero-order valence-electron chi connectivity index (χ0n) is 23.9.